The average molecular weight is 451 g/mol. The monoisotopic (exact) mass is 450 g/mol. The van der Waals surface area contributed by atoms with Crippen molar-refractivity contribution < 1.29 is 19.1 Å². The fourth-order valence-electron chi connectivity index (χ4n) is 4.38. The van der Waals surface area contributed by atoms with Crippen molar-refractivity contribution in [2.24, 2.45) is 0 Å². The molecule has 0 aliphatic carbocycles. The number of amides is 2. The van der Waals surface area contributed by atoms with Gasteiger partial charge in [0.25, 0.3) is 0 Å². The lowest BCUT2D eigenvalue weighted by molar-refractivity contribution is -0.136. The predicted octanol–water partition coefficient (Wildman–Crippen LogP) is 2.61. The molecule has 33 heavy (non-hydrogen) atoms. The van der Waals surface area contributed by atoms with Gasteiger partial charge in [0.1, 0.15) is 5.75 Å². The molecule has 2 aromatic rings. The Morgan fingerprint density at radius 3 is 2.52 bits per heavy atom. The van der Waals surface area contributed by atoms with E-state index >= 15 is 0 Å². The molecule has 2 N–H and O–H groups in total. The van der Waals surface area contributed by atoms with E-state index in [2.05, 4.69) is 51.6 Å². The smallest absolute Gasteiger partial charge is 0.338 e. The summed E-state index contributed by atoms with van der Waals surface area (Å²) in [6, 6.07) is 14.9. The topological polar surface area (TPSA) is 83.1 Å². The molecule has 0 spiro atoms. The first kappa shape index (κ1) is 22.7. The lowest BCUT2D eigenvalue weighted by Crippen LogP contribution is -2.51. The summed E-state index contributed by atoms with van der Waals surface area (Å²) in [7, 11) is 2.94. The summed E-state index contributed by atoms with van der Waals surface area (Å²) in [4.78, 5) is 29.9. The third kappa shape index (κ3) is 5.12. The molecule has 8 nitrogen and oxygen atoms in total. The Hall–Kier alpha value is -3.52. The number of anilines is 1. The van der Waals surface area contributed by atoms with Crippen molar-refractivity contribution in [3.8, 4) is 5.75 Å². The molecule has 174 valence electrons. The van der Waals surface area contributed by atoms with E-state index in [0.717, 1.165) is 31.7 Å². The first-order valence-corrected chi connectivity index (χ1v) is 11.1. The summed E-state index contributed by atoms with van der Waals surface area (Å²) >= 11 is 0. The molecule has 2 amide bonds. The van der Waals surface area contributed by atoms with Crippen molar-refractivity contribution in [3.05, 3.63) is 70.9 Å². The number of benzene rings is 2. The fraction of sp³-hybridized carbons (Fsp3) is 0.360. The van der Waals surface area contributed by atoms with Crippen LogP contribution in [0.4, 0.5) is 10.5 Å². The molecule has 1 atom stereocenters. The van der Waals surface area contributed by atoms with E-state index in [9.17, 15) is 9.59 Å². The summed E-state index contributed by atoms with van der Waals surface area (Å²) in [6.45, 7) is 5.93. The van der Waals surface area contributed by atoms with Crippen LogP contribution < -0.4 is 20.3 Å². The van der Waals surface area contributed by atoms with Crippen molar-refractivity contribution in [3.63, 3.8) is 0 Å². The van der Waals surface area contributed by atoms with E-state index in [-0.39, 0.29) is 6.03 Å². The molecule has 2 heterocycles. The lowest BCUT2D eigenvalue weighted by Gasteiger charge is -2.38. The van der Waals surface area contributed by atoms with E-state index in [1.165, 1.54) is 18.4 Å². The standard InChI is InChI=1S/C25H30N4O4/c1-17-6-4-8-19(14-17)29-12-10-28(11-13-29)16-21-22(24(30)33-3)23(27-25(31)26-21)18-7-5-9-20(15-18)32-2/h4-9,14-15,23H,10-13,16H2,1-3H3,(H2,26,27,31)/t23-/m1/s1. The van der Waals surface area contributed by atoms with Gasteiger partial charge in [-0.05, 0) is 42.3 Å². The summed E-state index contributed by atoms with van der Waals surface area (Å²) in [5.41, 5.74) is 4.20. The second kappa shape index (κ2) is 9.95. The molecule has 0 unspecified atom stereocenters. The number of hydrogen-bond acceptors (Lipinski definition) is 6. The lowest BCUT2D eigenvalue weighted by atomic mass is 9.94. The summed E-state index contributed by atoms with van der Waals surface area (Å²) in [5, 5.41) is 5.71. The van der Waals surface area contributed by atoms with E-state index < -0.39 is 12.0 Å². The SMILES string of the molecule is COC(=O)C1=C(CN2CCN(c3cccc(C)c3)CC2)NC(=O)N[C@@H]1c1cccc(OC)c1. The molecule has 0 bridgehead atoms. The Balaban J connectivity index is 1.55. The van der Waals surface area contributed by atoms with E-state index in [1.807, 2.05) is 24.3 Å². The molecule has 2 aliphatic rings. The number of piperazine rings is 1. The first-order valence-electron chi connectivity index (χ1n) is 11.1. The maximum absolute atomic E-state index is 12.8. The van der Waals surface area contributed by atoms with Gasteiger partial charge in [-0.15, -0.1) is 0 Å². The van der Waals surface area contributed by atoms with Gasteiger partial charge in [0.05, 0.1) is 25.8 Å². The molecule has 2 aliphatic heterocycles. The van der Waals surface area contributed by atoms with Crippen LogP contribution in [0, 0.1) is 6.92 Å². The molecule has 0 saturated carbocycles. The maximum atomic E-state index is 12.8. The molecule has 0 radical (unpaired) electrons. The number of aryl methyl sites for hydroxylation is 1. The number of rotatable bonds is 6. The third-order valence-electron chi connectivity index (χ3n) is 6.11. The number of hydrogen-bond donors (Lipinski definition) is 2. The van der Waals surface area contributed by atoms with Crippen molar-refractivity contribution in [2.75, 3.05) is 51.8 Å². The first-order chi connectivity index (χ1) is 16.0. The predicted molar refractivity (Wildman–Crippen MR) is 126 cm³/mol. The number of methoxy groups -OCH3 is 2. The van der Waals surface area contributed by atoms with Crippen LogP contribution >= 0.6 is 0 Å². The van der Waals surface area contributed by atoms with Crippen LogP contribution in [-0.2, 0) is 9.53 Å². The minimum atomic E-state index is -0.620. The van der Waals surface area contributed by atoms with Crippen LogP contribution in [0.2, 0.25) is 0 Å². The molecular weight excluding hydrogens is 420 g/mol. The number of carbonyl (C=O) groups is 2. The second-order valence-electron chi connectivity index (χ2n) is 8.29. The summed E-state index contributed by atoms with van der Waals surface area (Å²) in [5.74, 6) is 0.182. The number of carbonyl (C=O) groups excluding carboxylic acids is 2. The van der Waals surface area contributed by atoms with Crippen LogP contribution in [0.1, 0.15) is 17.2 Å². The van der Waals surface area contributed by atoms with Gasteiger partial charge in [-0.25, -0.2) is 9.59 Å². The van der Waals surface area contributed by atoms with Crippen LogP contribution in [0.5, 0.6) is 5.75 Å². The van der Waals surface area contributed by atoms with Crippen LogP contribution in [-0.4, -0.2) is 63.8 Å². The molecule has 2 aromatic carbocycles. The second-order valence-corrected chi connectivity index (χ2v) is 8.29. The summed E-state index contributed by atoms with van der Waals surface area (Å²) in [6.07, 6.45) is 0. The highest BCUT2D eigenvalue weighted by atomic mass is 16.5. The van der Waals surface area contributed by atoms with Crippen molar-refractivity contribution in [2.45, 2.75) is 13.0 Å². The Bertz CT molecular complexity index is 1060. The van der Waals surface area contributed by atoms with Gasteiger partial charge in [-0.3, -0.25) is 4.90 Å². The van der Waals surface area contributed by atoms with Crippen molar-refractivity contribution >= 4 is 17.7 Å². The zero-order chi connectivity index (χ0) is 23.4. The van der Waals surface area contributed by atoms with E-state index in [0.29, 0.717) is 23.6 Å². The minimum Gasteiger partial charge on any atom is -0.497 e. The van der Waals surface area contributed by atoms with E-state index in [4.69, 9.17) is 9.47 Å². The molecule has 1 saturated heterocycles. The Labute approximate surface area is 194 Å². The van der Waals surface area contributed by atoms with Gasteiger partial charge in [-0.1, -0.05) is 24.3 Å². The van der Waals surface area contributed by atoms with Crippen LogP contribution in [0.25, 0.3) is 0 Å². The van der Waals surface area contributed by atoms with Gasteiger partial charge < -0.3 is 25.0 Å². The van der Waals surface area contributed by atoms with E-state index in [1.54, 1.807) is 7.11 Å². The molecule has 1 fully saturated rings. The normalized spacial score (nSPS) is 19.1. The van der Waals surface area contributed by atoms with Gasteiger partial charge in [-0.2, -0.15) is 0 Å². The molecular formula is C25H30N4O4. The minimum absolute atomic E-state index is 0.344. The molecule has 0 aromatic heterocycles. The number of nitrogens with one attached hydrogen (secondary N) is 2. The average Bonchev–Trinajstić information content (AvgIpc) is 2.83. The van der Waals surface area contributed by atoms with Gasteiger partial charge >= 0.3 is 12.0 Å². The quantitative estimate of drug-likeness (QED) is 0.659. The van der Waals surface area contributed by atoms with Crippen LogP contribution in [0.3, 0.4) is 0 Å². The summed E-state index contributed by atoms with van der Waals surface area (Å²) < 4.78 is 10.4. The maximum Gasteiger partial charge on any atom is 0.338 e. The number of urea groups is 1. The van der Waals surface area contributed by atoms with Crippen molar-refractivity contribution in [1.29, 1.82) is 0 Å². The largest absolute Gasteiger partial charge is 0.497 e. The molecule has 4 rings (SSSR count). The highest BCUT2D eigenvalue weighted by molar-refractivity contribution is 5.95. The zero-order valence-electron chi connectivity index (χ0n) is 19.3. The Morgan fingerprint density at radius 1 is 1.06 bits per heavy atom. The highest BCUT2D eigenvalue weighted by Crippen LogP contribution is 2.30. The number of ether oxygens (including phenoxy) is 2. The Morgan fingerprint density at radius 2 is 1.82 bits per heavy atom. The Kier molecular flexibility index (Phi) is 6.84. The van der Waals surface area contributed by atoms with Gasteiger partial charge in [0.15, 0.2) is 0 Å². The molecule has 8 heteroatoms. The number of esters is 1. The van der Waals surface area contributed by atoms with Crippen LogP contribution in [0.15, 0.2) is 59.8 Å². The van der Waals surface area contributed by atoms with Gasteiger partial charge in [0, 0.05) is 44.1 Å². The van der Waals surface area contributed by atoms with Gasteiger partial charge in [0.2, 0.25) is 0 Å². The van der Waals surface area contributed by atoms with Crippen molar-refractivity contribution in [1.82, 2.24) is 15.5 Å². The fourth-order valence-corrected chi connectivity index (χ4v) is 4.38. The highest BCUT2D eigenvalue weighted by Gasteiger charge is 2.34. The zero-order valence-corrected chi connectivity index (χ0v) is 19.3. The third-order valence-corrected chi connectivity index (χ3v) is 6.11. The number of nitrogens with zero attached hydrogens (tertiary/aromatic N) is 2.